The molecule has 0 aromatic carbocycles. The first-order valence-electron chi connectivity index (χ1n) is 4.24. The van der Waals surface area contributed by atoms with E-state index in [9.17, 15) is 0 Å². The van der Waals surface area contributed by atoms with E-state index in [1.807, 2.05) is 0 Å². The van der Waals surface area contributed by atoms with Gasteiger partial charge >= 0.3 is 0 Å². The fourth-order valence-corrected chi connectivity index (χ4v) is 2.76. The number of hydrogen-bond donors (Lipinski definition) is 0. The summed E-state index contributed by atoms with van der Waals surface area (Å²) in [5, 5.41) is 1.40. The lowest BCUT2D eigenvalue weighted by Crippen LogP contribution is -2.41. The summed E-state index contributed by atoms with van der Waals surface area (Å²) in [4.78, 5) is 2.38. The molecule has 0 aromatic rings. The maximum Gasteiger partial charge on any atom is 0.0886 e. The van der Waals surface area contributed by atoms with Crippen molar-refractivity contribution in [3.8, 4) is 0 Å². The maximum absolute atomic E-state index is 4.05. The van der Waals surface area contributed by atoms with Crippen LogP contribution >= 0.6 is 0 Å². The summed E-state index contributed by atoms with van der Waals surface area (Å²) in [6.07, 6.45) is 1.23. The summed E-state index contributed by atoms with van der Waals surface area (Å²) in [5.74, 6) is 0. The summed E-state index contributed by atoms with van der Waals surface area (Å²) < 4.78 is 0. The average Bonchev–Trinajstić information content (AvgIpc) is 1.86. The molecule has 0 saturated carbocycles. The van der Waals surface area contributed by atoms with Crippen LogP contribution in [0.25, 0.3) is 0 Å². The summed E-state index contributed by atoms with van der Waals surface area (Å²) in [5.41, 5.74) is 0. The van der Waals surface area contributed by atoms with Gasteiger partial charge in [0, 0.05) is 0 Å². The van der Waals surface area contributed by atoms with Gasteiger partial charge in [-0.15, -0.1) is 6.58 Å². The first-order chi connectivity index (χ1) is 4.90. The van der Waals surface area contributed by atoms with E-state index in [2.05, 4.69) is 45.5 Å². The molecule has 66 valence electrons. The van der Waals surface area contributed by atoms with Gasteiger partial charge in [-0.05, 0) is 26.7 Å². The second-order valence-corrected chi connectivity index (χ2v) is 8.93. The van der Waals surface area contributed by atoms with Crippen LogP contribution in [0.1, 0.15) is 13.8 Å². The van der Waals surface area contributed by atoms with E-state index in [-0.39, 0.29) is 0 Å². The van der Waals surface area contributed by atoms with Crippen molar-refractivity contribution in [3.05, 3.63) is 11.8 Å². The average molecular weight is 171 g/mol. The molecule has 0 rings (SSSR count). The maximum atomic E-state index is 4.05. The van der Waals surface area contributed by atoms with E-state index in [4.69, 9.17) is 0 Å². The molecular weight excluding hydrogens is 150 g/mol. The van der Waals surface area contributed by atoms with Crippen LogP contribution in [0.4, 0.5) is 0 Å². The molecule has 0 fully saturated rings. The molecule has 0 saturated heterocycles. The lowest BCUT2D eigenvalue weighted by atomic mass is 10.7. The van der Waals surface area contributed by atoms with Crippen LogP contribution in [0.5, 0.6) is 0 Å². The molecule has 0 aromatic heterocycles. The van der Waals surface area contributed by atoms with Crippen LogP contribution in [0.2, 0.25) is 13.1 Å². The van der Waals surface area contributed by atoms with Crippen LogP contribution in [0.3, 0.4) is 0 Å². The first kappa shape index (κ1) is 10.9. The van der Waals surface area contributed by atoms with Crippen LogP contribution in [-0.2, 0) is 0 Å². The number of allylic oxidation sites excluding steroid dienone is 1. The Morgan fingerprint density at radius 3 is 2.18 bits per heavy atom. The molecule has 0 heterocycles. The lowest BCUT2D eigenvalue weighted by molar-refractivity contribution is 0.405. The van der Waals surface area contributed by atoms with Crippen LogP contribution < -0.4 is 0 Å². The molecule has 0 amide bonds. The molecule has 2 heteroatoms. The molecule has 0 radical (unpaired) electrons. The Labute approximate surface area is 72.1 Å². The van der Waals surface area contributed by atoms with Crippen molar-refractivity contribution < 1.29 is 0 Å². The second-order valence-electron chi connectivity index (χ2n) is 3.99. The van der Waals surface area contributed by atoms with Crippen molar-refractivity contribution in [2.24, 2.45) is 0 Å². The second kappa shape index (κ2) is 4.07. The summed E-state index contributed by atoms with van der Waals surface area (Å²) in [7, 11) is 1.05. The molecular formula is C9H21NSi. The minimum atomic E-state index is -1.13. The highest BCUT2D eigenvalue weighted by Crippen LogP contribution is 2.12. The van der Waals surface area contributed by atoms with E-state index in [1.165, 1.54) is 11.4 Å². The van der Waals surface area contributed by atoms with E-state index in [0.717, 1.165) is 6.54 Å². The topological polar surface area (TPSA) is 3.24 Å². The molecule has 0 bridgehead atoms. The van der Waals surface area contributed by atoms with Gasteiger partial charge in [0.2, 0.25) is 0 Å². The predicted molar refractivity (Wildman–Crippen MR) is 55.5 cm³/mol. The van der Waals surface area contributed by atoms with E-state index >= 15 is 0 Å². The van der Waals surface area contributed by atoms with Crippen molar-refractivity contribution in [2.75, 3.05) is 19.8 Å². The monoisotopic (exact) mass is 171 g/mol. The molecule has 0 N–H and O–H groups in total. The Morgan fingerprint density at radius 2 is 1.91 bits per heavy atom. The highest BCUT2D eigenvalue weighted by Gasteiger charge is 2.22. The Morgan fingerprint density at radius 1 is 1.45 bits per heavy atom. The molecule has 0 aliphatic heterocycles. The fraction of sp³-hybridized carbons (Fsp3) is 0.778. The zero-order valence-corrected chi connectivity index (χ0v) is 9.57. The molecule has 11 heavy (non-hydrogen) atoms. The summed E-state index contributed by atoms with van der Waals surface area (Å²) in [6.45, 7) is 14.3. The van der Waals surface area contributed by atoms with E-state index < -0.39 is 8.07 Å². The lowest BCUT2D eigenvalue weighted by Gasteiger charge is -2.28. The van der Waals surface area contributed by atoms with Crippen molar-refractivity contribution in [1.29, 1.82) is 0 Å². The van der Waals surface area contributed by atoms with Gasteiger partial charge in [-0.1, -0.05) is 25.2 Å². The van der Waals surface area contributed by atoms with Gasteiger partial charge in [-0.2, -0.15) is 0 Å². The Kier molecular flexibility index (Phi) is 4.04. The standard InChI is InChI=1S/C9H21NSi/c1-7-10(4)8-11(5,6)9(2)3/h2,7-8H2,1,3-6H3. The largest absolute Gasteiger partial charge is 0.309 e. The third-order valence-electron chi connectivity index (χ3n) is 2.36. The highest BCUT2D eigenvalue weighted by atomic mass is 28.3. The summed E-state index contributed by atoms with van der Waals surface area (Å²) >= 11 is 0. The number of rotatable bonds is 4. The Balaban J connectivity index is 4.01. The van der Waals surface area contributed by atoms with Crippen molar-refractivity contribution in [1.82, 2.24) is 4.90 Å². The Hall–Kier alpha value is -0.0831. The molecule has 0 spiro atoms. The van der Waals surface area contributed by atoms with Gasteiger partial charge in [0.1, 0.15) is 0 Å². The van der Waals surface area contributed by atoms with Gasteiger partial charge in [0.05, 0.1) is 8.07 Å². The van der Waals surface area contributed by atoms with Gasteiger partial charge < -0.3 is 4.90 Å². The third-order valence-corrected chi connectivity index (χ3v) is 6.00. The quantitative estimate of drug-likeness (QED) is 0.587. The van der Waals surface area contributed by atoms with Gasteiger partial charge in [0.25, 0.3) is 0 Å². The van der Waals surface area contributed by atoms with E-state index in [1.54, 1.807) is 0 Å². The minimum Gasteiger partial charge on any atom is -0.309 e. The van der Waals surface area contributed by atoms with E-state index in [0.29, 0.717) is 0 Å². The molecule has 0 aliphatic rings. The van der Waals surface area contributed by atoms with Crippen LogP contribution in [-0.4, -0.2) is 32.7 Å². The minimum absolute atomic E-state index is 1.13. The molecule has 0 atom stereocenters. The Bertz CT molecular complexity index is 140. The number of hydrogen-bond acceptors (Lipinski definition) is 1. The molecule has 0 aliphatic carbocycles. The SMILES string of the molecule is C=C(C)[Si](C)(C)CN(C)CC. The zero-order valence-electron chi connectivity index (χ0n) is 8.57. The first-order valence-corrected chi connectivity index (χ1v) is 7.45. The van der Waals surface area contributed by atoms with Crippen molar-refractivity contribution >= 4 is 8.07 Å². The third kappa shape index (κ3) is 3.73. The summed E-state index contributed by atoms with van der Waals surface area (Å²) in [6, 6.07) is 0. The fourth-order valence-electron chi connectivity index (χ4n) is 0.922. The van der Waals surface area contributed by atoms with Crippen molar-refractivity contribution in [3.63, 3.8) is 0 Å². The van der Waals surface area contributed by atoms with Crippen LogP contribution in [0.15, 0.2) is 11.8 Å². The number of nitrogens with zero attached hydrogens (tertiary/aromatic N) is 1. The smallest absolute Gasteiger partial charge is 0.0886 e. The van der Waals surface area contributed by atoms with Gasteiger partial charge in [-0.3, -0.25) is 0 Å². The van der Waals surface area contributed by atoms with Gasteiger partial charge in [0.15, 0.2) is 0 Å². The predicted octanol–water partition coefficient (Wildman–Crippen LogP) is 2.30. The van der Waals surface area contributed by atoms with Gasteiger partial charge in [-0.25, -0.2) is 0 Å². The molecule has 0 unspecified atom stereocenters. The zero-order chi connectivity index (χ0) is 9.07. The normalized spacial score (nSPS) is 12.2. The van der Waals surface area contributed by atoms with Crippen LogP contribution in [0, 0.1) is 0 Å². The highest BCUT2D eigenvalue weighted by molar-refractivity contribution is 6.84. The van der Waals surface area contributed by atoms with Crippen molar-refractivity contribution in [2.45, 2.75) is 26.9 Å². The molecule has 1 nitrogen and oxygen atoms in total.